The van der Waals surface area contributed by atoms with Crippen molar-refractivity contribution in [1.29, 1.82) is 0 Å². The molecule has 0 aromatic heterocycles. The predicted octanol–water partition coefficient (Wildman–Crippen LogP) is 1.54. The molecule has 2 aliphatic carbocycles. The fraction of sp³-hybridized carbons (Fsp3) is 0.286. The van der Waals surface area contributed by atoms with Gasteiger partial charge in [-0.05, 0) is 65.2 Å². The molecule has 17 heavy (non-hydrogen) atoms. The Balaban J connectivity index is 0.000000284. The number of aliphatic hydroxyl groups is 2. The average molecular weight is 274 g/mol. The van der Waals surface area contributed by atoms with Gasteiger partial charge < -0.3 is 10.2 Å². The third kappa shape index (κ3) is 6.81. The van der Waals surface area contributed by atoms with E-state index >= 15 is 0 Å². The second kappa shape index (κ2) is 9.38. The van der Waals surface area contributed by atoms with Crippen LogP contribution in [-0.4, -0.2) is 22.4 Å². The van der Waals surface area contributed by atoms with Crippen molar-refractivity contribution in [3.05, 3.63) is 63.2 Å². The summed E-state index contributed by atoms with van der Waals surface area (Å²) in [5, 5.41) is 17.8. The van der Waals surface area contributed by atoms with Crippen molar-refractivity contribution in [3.8, 4) is 0 Å². The second-order valence-corrected chi connectivity index (χ2v) is 3.79. The predicted molar refractivity (Wildman–Crippen MR) is 64.2 cm³/mol. The van der Waals surface area contributed by atoms with E-state index in [1.807, 2.05) is 51.4 Å². The van der Waals surface area contributed by atoms with Crippen molar-refractivity contribution in [2.75, 3.05) is 0 Å². The standard InChI is InChI=1S/2C7H9O.Fe/c2*1-6(8)7-4-2-3-5-7;/h2*2-6,8H,1H3;/q;;+2/t2*6-;/m10./s1. The number of hydrogen-bond donors (Lipinski definition) is 2. The molecule has 0 amide bonds. The van der Waals surface area contributed by atoms with Gasteiger partial charge in [0.1, 0.15) is 0 Å². The fourth-order valence-corrected chi connectivity index (χ4v) is 1.33. The quantitative estimate of drug-likeness (QED) is 0.750. The van der Waals surface area contributed by atoms with Gasteiger partial charge in [0.05, 0.1) is 12.2 Å². The molecule has 2 aliphatic rings. The first-order chi connectivity index (χ1) is 7.61. The van der Waals surface area contributed by atoms with Gasteiger partial charge in [-0.1, -0.05) is 0 Å². The average Bonchev–Trinajstić information content (AvgIpc) is 2.93. The molecule has 2 nitrogen and oxygen atoms in total. The van der Waals surface area contributed by atoms with Crippen LogP contribution in [0, 0.1) is 63.2 Å². The van der Waals surface area contributed by atoms with Gasteiger partial charge in [0, 0.05) is 11.8 Å². The van der Waals surface area contributed by atoms with Crippen molar-refractivity contribution >= 4 is 0 Å². The molecule has 3 heteroatoms. The zero-order valence-corrected chi connectivity index (χ0v) is 11.1. The largest absolute Gasteiger partial charge is 2.00 e. The Labute approximate surface area is 117 Å². The van der Waals surface area contributed by atoms with Gasteiger partial charge in [-0.15, -0.1) is 0 Å². The van der Waals surface area contributed by atoms with E-state index < -0.39 is 0 Å². The minimum atomic E-state index is -0.315. The Morgan fingerprint density at radius 1 is 0.706 bits per heavy atom. The normalized spacial score (nSPS) is 24.7. The smallest absolute Gasteiger partial charge is 0.393 e. The van der Waals surface area contributed by atoms with E-state index in [-0.39, 0.29) is 29.3 Å². The summed E-state index contributed by atoms with van der Waals surface area (Å²) >= 11 is 0. The van der Waals surface area contributed by atoms with Crippen LogP contribution in [0.25, 0.3) is 0 Å². The molecule has 0 aromatic rings. The van der Waals surface area contributed by atoms with Gasteiger partial charge in [-0.3, -0.25) is 0 Å². The zero-order valence-electron chi connectivity index (χ0n) is 10.0. The molecule has 92 valence electrons. The molecule has 0 aliphatic heterocycles. The summed E-state index contributed by atoms with van der Waals surface area (Å²) in [5.74, 6) is 1.98. The fourth-order valence-electron chi connectivity index (χ4n) is 1.33. The first-order valence-corrected chi connectivity index (χ1v) is 5.40. The maximum absolute atomic E-state index is 8.91. The molecule has 2 fully saturated rings. The number of rotatable bonds is 2. The molecular formula is C14H18FeO2+2. The van der Waals surface area contributed by atoms with Crippen LogP contribution in [0.15, 0.2) is 0 Å². The monoisotopic (exact) mass is 274 g/mol. The summed E-state index contributed by atoms with van der Waals surface area (Å²) in [6, 6.07) is 0. The third-order valence-electron chi connectivity index (χ3n) is 2.34. The van der Waals surface area contributed by atoms with Crippen LogP contribution in [0.4, 0.5) is 0 Å². The van der Waals surface area contributed by atoms with Gasteiger partial charge in [-0.25, -0.2) is 0 Å². The Morgan fingerprint density at radius 2 is 0.941 bits per heavy atom. The van der Waals surface area contributed by atoms with E-state index in [2.05, 4.69) is 0 Å². The molecule has 0 saturated heterocycles. The first-order valence-electron chi connectivity index (χ1n) is 5.40. The molecule has 10 radical (unpaired) electrons. The molecule has 0 heterocycles. The van der Waals surface area contributed by atoms with Gasteiger partial charge in [-0.2, -0.15) is 0 Å². The minimum Gasteiger partial charge on any atom is -0.393 e. The number of hydrogen-bond acceptors (Lipinski definition) is 2. The minimum absolute atomic E-state index is 0. The van der Waals surface area contributed by atoms with E-state index in [1.165, 1.54) is 0 Å². The summed E-state index contributed by atoms with van der Waals surface area (Å²) in [5.41, 5.74) is 0. The van der Waals surface area contributed by atoms with E-state index in [4.69, 9.17) is 10.2 Å². The van der Waals surface area contributed by atoms with E-state index in [9.17, 15) is 0 Å². The van der Waals surface area contributed by atoms with Gasteiger partial charge in [0.2, 0.25) is 0 Å². The maximum atomic E-state index is 8.91. The van der Waals surface area contributed by atoms with E-state index in [1.54, 1.807) is 13.8 Å². The summed E-state index contributed by atoms with van der Waals surface area (Å²) in [4.78, 5) is 0. The molecule has 0 unspecified atom stereocenters. The SMILES string of the molecule is C[C@@H](O)[C]1[CH][CH][CH][CH]1.C[C@H](O)[C]1[CH][CH][CH][CH]1.[Fe+2]. The van der Waals surface area contributed by atoms with Crippen molar-refractivity contribution in [3.63, 3.8) is 0 Å². The Kier molecular flexibility index (Phi) is 9.62. The first kappa shape index (κ1) is 17.4. The van der Waals surface area contributed by atoms with Crippen LogP contribution in [0.5, 0.6) is 0 Å². The van der Waals surface area contributed by atoms with Crippen molar-refractivity contribution in [2.45, 2.75) is 26.1 Å². The van der Waals surface area contributed by atoms with Gasteiger partial charge in [0.25, 0.3) is 0 Å². The van der Waals surface area contributed by atoms with Crippen LogP contribution in [0.3, 0.4) is 0 Å². The Hall–Kier alpha value is 0.439. The molecule has 2 saturated carbocycles. The van der Waals surface area contributed by atoms with E-state index in [0.717, 1.165) is 11.8 Å². The molecular weight excluding hydrogens is 256 g/mol. The van der Waals surface area contributed by atoms with Crippen LogP contribution in [0.2, 0.25) is 0 Å². The Morgan fingerprint density at radius 3 is 1.06 bits per heavy atom. The van der Waals surface area contributed by atoms with Crippen LogP contribution in [-0.2, 0) is 17.1 Å². The summed E-state index contributed by atoms with van der Waals surface area (Å²) in [6.45, 7) is 3.52. The number of aliphatic hydroxyl groups excluding tert-OH is 2. The molecule has 2 rings (SSSR count). The zero-order chi connectivity index (χ0) is 12.0. The second-order valence-electron chi connectivity index (χ2n) is 3.79. The van der Waals surface area contributed by atoms with Crippen molar-refractivity contribution in [1.82, 2.24) is 0 Å². The van der Waals surface area contributed by atoms with Crippen LogP contribution < -0.4 is 0 Å². The molecule has 2 atom stereocenters. The molecule has 0 bridgehead atoms. The van der Waals surface area contributed by atoms with Gasteiger partial charge in [0.15, 0.2) is 0 Å². The summed E-state index contributed by atoms with van der Waals surface area (Å²) in [7, 11) is 0. The third-order valence-corrected chi connectivity index (χ3v) is 2.34. The Bertz CT molecular complexity index is 151. The molecule has 0 aromatic carbocycles. The summed E-state index contributed by atoms with van der Waals surface area (Å²) in [6.07, 6.45) is 14.7. The van der Waals surface area contributed by atoms with Crippen LogP contribution in [0.1, 0.15) is 13.8 Å². The van der Waals surface area contributed by atoms with Gasteiger partial charge >= 0.3 is 17.1 Å². The molecule has 2 N–H and O–H groups in total. The van der Waals surface area contributed by atoms with Crippen molar-refractivity contribution in [2.24, 2.45) is 0 Å². The van der Waals surface area contributed by atoms with E-state index in [0.29, 0.717) is 0 Å². The topological polar surface area (TPSA) is 40.5 Å². The van der Waals surface area contributed by atoms with Crippen molar-refractivity contribution < 1.29 is 27.3 Å². The molecule has 0 spiro atoms. The van der Waals surface area contributed by atoms with Crippen LogP contribution >= 0.6 is 0 Å². The summed E-state index contributed by atoms with van der Waals surface area (Å²) < 4.78 is 0. The maximum Gasteiger partial charge on any atom is 2.00 e.